The Morgan fingerprint density at radius 2 is 2.25 bits per heavy atom. The van der Waals surface area contributed by atoms with Gasteiger partial charge in [0.25, 0.3) is 0 Å². The highest BCUT2D eigenvalue weighted by atomic mass is 19.1. The number of hydrogen-bond donors (Lipinski definition) is 0. The molecule has 16 heavy (non-hydrogen) atoms. The Balaban J connectivity index is 2.04. The maximum Gasteiger partial charge on any atom is 0.128 e. The lowest BCUT2D eigenvalue weighted by Gasteiger charge is -2.46. The van der Waals surface area contributed by atoms with Gasteiger partial charge in [-0.25, -0.2) is 4.39 Å². The number of fused-ring (bicyclic) bond motifs is 1. The summed E-state index contributed by atoms with van der Waals surface area (Å²) in [6.07, 6.45) is 3.62. The lowest BCUT2D eigenvalue weighted by atomic mass is 9.73. The van der Waals surface area contributed by atoms with E-state index in [4.69, 9.17) is 4.74 Å². The van der Waals surface area contributed by atoms with Crippen LogP contribution in [0.25, 0.3) is 0 Å². The molecular weight excluding hydrogens is 209 g/mol. The molecule has 1 saturated carbocycles. The lowest BCUT2D eigenvalue weighted by Crippen LogP contribution is -2.46. The van der Waals surface area contributed by atoms with Crippen molar-refractivity contribution in [2.45, 2.75) is 37.3 Å². The Morgan fingerprint density at radius 3 is 2.88 bits per heavy atom. The summed E-state index contributed by atoms with van der Waals surface area (Å²) in [5, 5.41) is 3.14. The van der Waals surface area contributed by atoms with Crippen LogP contribution in [0.1, 0.15) is 37.3 Å². The molecule has 4 heteroatoms. The van der Waals surface area contributed by atoms with Crippen molar-refractivity contribution in [1.82, 2.24) is 0 Å². The minimum atomic E-state index is -0.385. The van der Waals surface area contributed by atoms with Gasteiger partial charge in [0.2, 0.25) is 0 Å². The highest BCUT2D eigenvalue weighted by Gasteiger charge is 2.46. The Bertz CT molecular complexity index is 443. The molecule has 1 heterocycles. The highest BCUT2D eigenvalue weighted by Crippen LogP contribution is 2.49. The molecule has 1 spiro atoms. The van der Waals surface area contributed by atoms with Gasteiger partial charge in [0.05, 0.1) is 0 Å². The molecule has 3 nitrogen and oxygen atoms in total. The fraction of sp³-hybridized carbons (Fsp3) is 0.500. The summed E-state index contributed by atoms with van der Waals surface area (Å²) < 4.78 is 18.9. The second-order valence-corrected chi connectivity index (χ2v) is 4.65. The molecule has 2 aliphatic rings. The normalized spacial score (nSPS) is 25.4. The van der Waals surface area contributed by atoms with E-state index < -0.39 is 0 Å². The molecule has 1 aliphatic heterocycles. The third kappa shape index (κ3) is 1.32. The topological polar surface area (TPSA) is 38.7 Å². The van der Waals surface area contributed by atoms with E-state index in [0.29, 0.717) is 17.7 Å². The van der Waals surface area contributed by atoms with Gasteiger partial charge in [0.15, 0.2) is 0 Å². The Hall–Kier alpha value is -1.45. The van der Waals surface area contributed by atoms with Gasteiger partial charge in [-0.1, -0.05) is 11.2 Å². The van der Waals surface area contributed by atoms with Crippen molar-refractivity contribution in [2.24, 2.45) is 5.18 Å². The van der Waals surface area contributed by atoms with Crippen molar-refractivity contribution in [1.29, 1.82) is 0 Å². The first-order valence-electron chi connectivity index (χ1n) is 5.53. The van der Waals surface area contributed by atoms with E-state index >= 15 is 0 Å². The van der Waals surface area contributed by atoms with Crippen LogP contribution in [0.4, 0.5) is 4.39 Å². The first-order valence-corrected chi connectivity index (χ1v) is 5.53. The maximum atomic E-state index is 13.1. The van der Waals surface area contributed by atoms with Crippen LogP contribution in [0, 0.1) is 10.7 Å². The number of benzene rings is 1. The standard InChI is InChI=1S/C12H12FNO2/c13-8-2-3-9-10(14-15)7-12(4-1-5-12)16-11(9)6-8/h2-3,6,10H,1,4-5,7H2. The second kappa shape index (κ2) is 3.27. The van der Waals surface area contributed by atoms with E-state index in [1.165, 1.54) is 12.1 Å². The van der Waals surface area contributed by atoms with Crippen LogP contribution >= 0.6 is 0 Å². The smallest absolute Gasteiger partial charge is 0.128 e. The van der Waals surface area contributed by atoms with Gasteiger partial charge in [-0.3, -0.25) is 0 Å². The molecule has 1 aromatic carbocycles. The number of nitroso groups, excluding NO2 is 1. The van der Waals surface area contributed by atoms with E-state index in [1.54, 1.807) is 6.07 Å². The van der Waals surface area contributed by atoms with Gasteiger partial charge in [-0.15, -0.1) is 0 Å². The molecule has 0 saturated heterocycles. The predicted molar refractivity (Wildman–Crippen MR) is 56.8 cm³/mol. The first kappa shape index (κ1) is 9.75. The van der Waals surface area contributed by atoms with Crippen molar-refractivity contribution in [2.75, 3.05) is 0 Å². The first-order chi connectivity index (χ1) is 7.72. The number of hydrogen-bond acceptors (Lipinski definition) is 3. The van der Waals surface area contributed by atoms with Crippen molar-refractivity contribution < 1.29 is 9.13 Å². The quantitative estimate of drug-likeness (QED) is 0.682. The summed E-state index contributed by atoms with van der Waals surface area (Å²) >= 11 is 0. The molecule has 0 radical (unpaired) electrons. The summed E-state index contributed by atoms with van der Waals surface area (Å²) in [6.45, 7) is 0. The van der Waals surface area contributed by atoms with Crippen molar-refractivity contribution >= 4 is 0 Å². The zero-order valence-electron chi connectivity index (χ0n) is 8.78. The molecule has 3 rings (SSSR count). The van der Waals surface area contributed by atoms with Crippen LogP contribution in [-0.4, -0.2) is 5.60 Å². The minimum Gasteiger partial charge on any atom is -0.487 e. The molecule has 1 aliphatic carbocycles. The SMILES string of the molecule is O=NC1CC2(CCC2)Oc2cc(F)ccc21. The Kier molecular flexibility index (Phi) is 1.99. The molecule has 0 aromatic heterocycles. The lowest BCUT2D eigenvalue weighted by molar-refractivity contribution is -0.0330. The monoisotopic (exact) mass is 221 g/mol. The molecule has 1 atom stereocenters. The Morgan fingerprint density at radius 1 is 1.44 bits per heavy atom. The molecule has 0 bridgehead atoms. The summed E-state index contributed by atoms with van der Waals surface area (Å²) in [5.41, 5.74) is 0.466. The van der Waals surface area contributed by atoms with E-state index in [-0.39, 0.29) is 17.5 Å². The van der Waals surface area contributed by atoms with Crippen LogP contribution in [0.5, 0.6) is 5.75 Å². The summed E-state index contributed by atoms with van der Waals surface area (Å²) in [5.74, 6) is 0.162. The Labute approximate surface area is 92.6 Å². The predicted octanol–water partition coefficient (Wildman–Crippen LogP) is 3.34. The number of ether oxygens (including phenoxy) is 1. The molecule has 0 N–H and O–H groups in total. The number of nitrogens with zero attached hydrogens (tertiary/aromatic N) is 1. The number of halogens is 1. The maximum absolute atomic E-state index is 13.1. The molecule has 84 valence electrons. The van der Waals surface area contributed by atoms with E-state index in [2.05, 4.69) is 5.18 Å². The summed E-state index contributed by atoms with van der Waals surface area (Å²) in [7, 11) is 0. The van der Waals surface area contributed by atoms with Crippen LogP contribution in [0.15, 0.2) is 23.4 Å². The van der Waals surface area contributed by atoms with Gasteiger partial charge in [0, 0.05) is 18.1 Å². The average Bonchev–Trinajstić information content (AvgIpc) is 2.24. The van der Waals surface area contributed by atoms with Crippen LogP contribution in [-0.2, 0) is 0 Å². The molecule has 1 fully saturated rings. The van der Waals surface area contributed by atoms with Crippen molar-refractivity contribution in [3.8, 4) is 5.75 Å². The van der Waals surface area contributed by atoms with Gasteiger partial charge in [-0.05, 0) is 25.3 Å². The van der Waals surface area contributed by atoms with Gasteiger partial charge < -0.3 is 4.74 Å². The third-order valence-electron chi connectivity index (χ3n) is 3.62. The molecular formula is C12H12FNO2. The van der Waals surface area contributed by atoms with Crippen molar-refractivity contribution in [3.63, 3.8) is 0 Å². The van der Waals surface area contributed by atoms with E-state index in [1.807, 2.05) is 0 Å². The van der Waals surface area contributed by atoms with Crippen LogP contribution < -0.4 is 4.74 Å². The zero-order valence-corrected chi connectivity index (χ0v) is 8.78. The average molecular weight is 221 g/mol. The van der Waals surface area contributed by atoms with E-state index in [9.17, 15) is 9.30 Å². The summed E-state index contributed by atoms with van der Waals surface area (Å²) in [4.78, 5) is 10.8. The second-order valence-electron chi connectivity index (χ2n) is 4.65. The third-order valence-corrected chi connectivity index (χ3v) is 3.62. The van der Waals surface area contributed by atoms with Crippen molar-refractivity contribution in [3.05, 3.63) is 34.5 Å². The zero-order chi connectivity index (χ0) is 11.2. The molecule has 1 aromatic rings. The van der Waals surface area contributed by atoms with Gasteiger partial charge >= 0.3 is 0 Å². The minimum absolute atomic E-state index is 0.251. The van der Waals surface area contributed by atoms with Crippen LogP contribution in [0.3, 0.4) is 0 Å². The van der Waals surface area contributed by atoms with Gasteiger partial charge in [-0.2, -0.15) is 4.91 Å². The highest BCUT2D eigenvalue weighted by molar-refractivity contribution is 5.40. The van der Waals surface area contributed by atoms with Gasteiger partial charge in [0.1, 0.15) is 23.2 Å². The molecule has 0 amide bonds. The van der Waals surface area contributed by atoms with Crippen LogP contribution in [0.2, 0.25) is 0 Å². The fourth-order valence-corrected chi connectivity index (χ4v) is 2.58. The largest absolute Gasteiger partial charge is 0.487 e. The fourth-order valence-electron chi connectivity index (χ4n) is 2.58. The number of rotatable bonds is 1. The summed E-state index contributed by atoms with van der Waals surface area (Å²) in [6, 6.07) is 3.92. The van der Waals surface area contributed by atoms with E-state index in [0.717, 1.165) is 19.3 Å². The molecule has 1 unspecified atom stereocenters.